The molecule has 3 aromatic carbocycles. The fraction of sp³-hybridized carbons (Fsp3) is 0.407. The topological polar surface area (TPSA) is 40.6 Å². The molecule has 2 fully saturated rings. The number of piperidine rings is 2. The molecule has 2 aliphatic heterocycles. The molecule has 0 radical (unpaired) electrons. The number of hydrogen-bond donors (Lipinski definition) is 0. The molecule has 0 atom stereocenters. The van der Waals surface area contributed by atoms with Crippen LogP contribution in [0.1, 0.15) is 32.6 Å². The van der Waals surface area contributed by atoms with Crippen molar-refractivity contribution < 1.29 is 8.42 Å². The molecule has 0 N–H and O–H groups in total. The second-order valence-corrected chi connectivity index (χ2v) is 11.4. The SMILES string of the molecule is CC1CCN(C2CCN(S(=O)(=O)c3cccc(-c4ccc5ccccc5c4)c3)CC2)CC1. The van der Waals surface area contributed by atoms with E-state index in [4.69, 9.17) is 0 Å². The lowest BCUT2D eigenvalue weighted by atomic mass is 9.95. The van der Waals surface area contributed by atoms with Gasteiger partial charge in [-0.05, 0) is 84.8 Å². The van der Waals surface area contributed by atoms with E-state index in [0.717, 1.165) is 48.4 Å². The third-order valence-corrected chi connectivity index (χ3v) is 9.21. The lowest BCUT2D eigenvalue weighted by Crippen LogP contribution is -2.48. The van der Waals surface area contributed by atoms with E-state index in [0.29, 0.717) is 24.0 Å². The molecular weight excluding hydrogens is 416 g/mol. The van der Waals surface area contributed by atoms with Crippen LogP contribution in [0, 0.1) is 5.92 Å². The average molecular weight is 449 g/mol. The van der Waals surface area contributed by atoms with Crippen LogP contribution in [0.15, 0.2) is 71.6 Å². The van der Waals surface area contributed by atoms with E-state index in [1.807, 2.05) is 30.3 Å². The van der Waals surface area contributed by atoms with Crippen molar-refractivity contribution in [3.63, 3.8) is 0 Å². The minimum atomic E-state index is -3.48. The summed E-state index contributed by atoms with van der Waals surface area (Å²) in [5, 5.41) is 2.35. The van der Waals surface area contributed by atoms with Gasteiger partial charge in [-0.1, -0.05) is 55.5 Å². The van der Waals surface area contributed by atoms with Gasteiger partial charge in [0.1, 0.15) is 0 Å². The molecule has 0 spiro atoms. The van der Waals surface area contributed by atoms with E-state index in [1.165, 1.54) is 18.2 Å². The number of hydrogen-bond acceptors (Lipinski definition) is 3. The molecule has 0 unspecified atom stereocenters. The van der Waals surface area contributed by atoms with Gasteiger partial charge >= 0.3 is 0 Å². The molecule has 0 bridgehead atoms. The number of rotatable bonds is 4. The Morgan fingerprint density at radius 2 is 1.41 bits per heavy atom. The van der Waals surface area contributed by atoms with E-state index in [2.05, 4.69) is 42.2 Å². The first-order chi connectivity index (χ1) is 15.5. The third-order valence-electron chi connectivity index (χ3n) is 7.31. The van der Waals surface area contributed by atoms with Crippen LogP contribution >= 0.6 is 0 Å². The molecule has 5 heteroatoms. The van der Waals surface area contributed by atoms with Gasteiger partial charge in [0, 0.05) is 19.1 Å². The van der Waals surface area contributed by atoms with E-state index < -0.39 is 10.0 Å². The minimum absolute atomic E-state index is 0.397. The van der Waals surface area contributed by atoms with Gasteiger partial charge in [0.05, 0.1) is 4.90 Å². The summed E-state index contributed by atoms with van der Waals surface area (Å²) in [6, 6.07) is 22.5. The third kappa shape index (κ3) is 4.34. The Labute approximate surface area is 191 Å². The van der Waals surface area contributed by atoms with E-state index >= 15 is 0 Å². The quantitative estimate of drug-likeness (QED) is 0.537. The van der Waals surface area contributed by atoms with Crippen LogP contribution in [0.5, 0.6) is 0 Å². The molecule has 2 saturated heterocycles. The zero-order valence-corrected chi connectivity index (χ0v) is 19.6. The first-order valence-corrected chi connectivity index (χ1v) is 13.3. The van der Waals surface area contributed by atoms with Crippen molar-refractivity contribution in [2.45, 2.75) is 43.5 Å². The van der Waals surface area contributed by atoms with Gasteiger partial charge in [-0.3, -0.25) is 0 Å². The Bertz CT molecular complexity index is 1190. The smallest absolute Gasteiger partial charge is 0.243 e. The van der Waals surface area contributed by atoms with Crippen LogP contribution in [0.25, 0.3) is 21.9 Å². The molecule has 3 aromatic rings. The van der Waals surface area contributed by atoms with Crippen molar-refractivity contribution in [2.75, 3.05) is 26.2 Å². The Balaban J connectivity index is 1.32. The van der Waals surface area contributed by atoms with Crippen LogP contribution < -0.4 is 0 Å². The van der Waals surface area contributed by atoms with Gasteiger partial charge in [0.25, 0.3) is 0 Å². The number of fused-ring (bicyclic) bond motifs is 1. The van der Waals surface area contributed by atoms with Gasteiger partial charge in [-0.25, -0.2) is 8.42 Å². The number of nitrogens with zero attached hydrogens (tertiary/aromatic N) is 2. The highest BCUT2D eigenvalue weighted by molar-refractivity contribution is 7.89. The second-order valence-electron chi connectivity index (χ2n) is 9.44. The minimum Gasteiger partial charge on any atom is -0.300 e. The number of benzene rings is 3. The molecule has 0 saturated carbocycles. The molecule has 2 aliphatic rings. The van der Waals surface area contributed by atoms with Gasteiger partial charge in [0.15, 0.2) is 0 Å². The van der Waals surface area contributed by atoms with Crippen molar-refractivity contribution in [1.82, 2.24) is 9.21 Å². The van der Waals surface area contributed by atoms with E-state index in [1.54, 1.807) is 10.4 Å². The molecule has 5 rings (SSSR count). The fourth-order valence-electron chi connectivity index (χ4n) is 5.20. The molecular formula is C27H32N2O2S. The monoisotopic (exact) mass is 448 g/mol. The van der Waals surface area contributed by atoms with Gasteiger partial charge < -0.3 is 4.90 Å². The molecule has 0 amide bonds. The first kappa shape index (κ1) is 21.6. The van der Waals surface area contributed by atoms with Gasteiger partial charge in [-0.15, -0.1) is 0 Å². The predicted octanol–water partition coefficient (Wildman–Crippen LogP) is 5.39. The Morgan fingerprint density at radius 3 is 2.16 bits per heavy atom. The summed E-state index contributed by atoms with van der Waals surface area (Å²) in [5.74, 6) is 0.821. The van der Waals surface area contributed by atoms with E-state index in [9.17, 15) is 8.42 Å². The highest BCUT2D eigenvalue weighted by Crippen LogP contribution is 2.30. The zero-order chi connectivity index (χ0) is 22.1. The van der Waals surface area contributed by atoms with Crippen LogP contribution in [0.3, 0.4) is 0 Å². The van der Waals surface area contributed by atoms with Crippen molar-refractivity contribution in [3.05, 3.63) is 66.7 Å². The highest BCUT2D eigenvalue weighted by Gasteiger charge is 2.32. The number of likely N-dealkylation sites (tertiary alicyclic amines) is 1. The first-order valence-electron chi connectivity index (χ1n) is 11.8. The Hall–Kier alpha value is -2.21. The maximum atomic E-state index is 13.4. The fourth-order valence-corrected chi connectivity index (χ4v) is 6.71. The summed E-state index contributed by atoms with van der Waals surface area (Å²) in [5.41, 5.74) is 1.98. The van der Waals surface area contributed by atoms with Crippen molar-refractivity contribution >= 4 is 20.8 Å². The number of sulfonamides is 1. The summed E-state index contributed by atoms with van der Waals surface area (Å²) in [6.07, 6.45) is 4.39. The average Bonchev–Trinajstić information content (AvgIpc) is 2.84. The van der Waals surface area contributed by atoms with Crippen molar-refractivity contribution in [1.29, 1.82) is 0 Å². The summed E-state index contributed by atoms with van der Waals surface area (Å²) in [7, 11) is -3.48. The van der Waals surface area contributed by atoms with Crippen molar-refractivity contribution in [3.8, 4) is 11.1 Å². The summed E-state index contributed by atoms with van der Waals surface area (Å²) < 4.78 is 28.5. The molecule has 32 heavy (non-hydrogen) atoms. The molecule has 2 heterocycles. The molecule has 0 aliphatic carbocycles. The largest absolute Gasteiger partial charge is 0.300 e. The summed E-state index contributed by atoms with van der Waals surface area (Å²) in [6.45, 7) is 5.87. The summed E-state index contributed by atoms with van der Waals surface area (Å²) in [4.78, 5) is 2.98. The van der Waals surface area contributed by atoms with E-state index in [-0.39, 0.29) is 0 Å². The van der Waals surface area contributed by atoms with Crippen LogP contribution in [-0.2, 0) is 10.0 Å². The molecule has 168 valence electrons. The molecule has 4 nitrogen and oxygen atoms in total. The zero-order valence-electron chi connectivity index (χ0n) is 18.8. The maximum Gasteiger partial charge on any atom is 0.243 e. The van der Waals surface area contributed by atoms with Gasteiger partial charge in [-0.2, -0.15) is 4.31 Å². The lowest BCUT2D eigenvalue weighted by molar-refractivity contribution is 0.101. The van der Waals surface area contributed by atoms with Crippen LogP contribution in [0.2, 0.25) is 0 Å². The second kappa shape index (κ2) is 8.97. The normalized spacial score (nSPS) is 20.0. The van der Waals surface area contributed by atoms with Gasteiger partial charge in [0.2, 0.25) is 10.0 Å². The lowest BCUT2D eigenvalue weighted by Gasteiger charge is -2.41. The Kier molecular flexibility index (Phi) is 6.06. The molecule has 0 aromatic heterocycles. The summed E-state index contributed by atoms with van der Waals surface area (Å²) >= 11 is 0. The van der Waals surface area contributed by atoms with Crippen LogP contribution in [-0.4, -0.2) is 49.8 Å². The standard InChI is InChI=1S/C27H32N2O2S/c1-21-11-15-28(16-12-21)26-13-17-29(18-14-26)32(30,31)27-8-4-7-24(20-27)25-10-9-22-5-2-3-6-23(22)19-25/h2-10,19-21,26H,11-18H2,1H3. The Morgan fingerprint density at radius 1 is 0.719 bits per heavy atom. The highest BCUT2D eigenvalue weighted by atomic mass is 32.2. The maximum absolute atomic E-state index is 13.4. The predicted molar refractivity (Wildman–Crippen MR) is 131 cm³/mol. The van der Waals surface area contributed by atoms with Crippen molar-refractivity contribution in [2.24, 2.45) is 5.92 Å². The van der Waals surface area contributed by atoms with Crippen LogP contribution in [0.4, 0.5) is 0 Å².